The number of rotatable bonds is 3. The average molecular weight is 299 g/mol. The normalized spacial score (nSPS) is 20.2. The molecule has 0 unspecified atom stereocenters. The zero-order valence-corrected chi connectivity index (χ0v) is 11.3. The summed E-state index contributed by atoms with van der Waals surface area (Å²) in [6.45, 7) is 0. The van der Waals surface area contributed by atoms with Crippen molar-refractivity contribution in [2.75, 3.05) is 11.5 Å². The summed E-state index contributed by atoms with van der Waals surface area (Å²) >= 11 is 0. The third kappa shape index (κ3) is 2.51. The van der Waals surface area contributed by atoms with Crippen molar-refractivity contribution in [1.82, 2.24) is 0 Å². The quantitative estimate of drug-likeness (QED) is 0.660. The summed E-state index contributed by atoms with van der Waals surface area (Å²) < 4.78 is 22.9. The monoisotopic (exact) mass is 299 g/mol. The van der Waals surface area contributed by atoms with Crippen molar-refractivity contribution in [3.63, 3.8) is 0 Å². The number of sulfone groups is 1. The number of carbonyl (C=O) groups is 1. The molecule has 1 aromatic carbocycles. The van der Waals surface area contributed by atoms with Crippen molar-refractivity contribution in [3.8, 4) is 0 Å². The van der Waals surface area contributed by atoms with Gasteiger partial charge >= 0.3 is 5.97 Å². The number of nitro groups is 1. The van der Waals surface area contributed by atoms with Crippen LogP contribution in [0.15, 0.2) is 24.3 Å². The molecule has 0 atom stereocenters. The van der Waals surface area contributed by atoms with Gasteiger partial charge in [0.15, 0.2) is 0 Å². The summed E-state index contributed by atoms with van der Waals surface area (Å²) in [7, 11) is -3.19. The number of non-ortho nitro benzene ring substituents is 1. The van der Waals surface area contributed by atoms with Gasteiger partial charge in [-0.3, -0.25) is 14.9 Å². The number of carboxylic acid groups (broad SMARTS) is 1. The van der Waals surface area contributed by atoms with Crippen LogP contribution in [0.3, 0.4) is 0 Å². The Morgan fingerprint density at radius 1 is 1.20 bits per heavy atom. The largest absolute Gasteiger partial charge is 0.481 e. The van der Waals surface area contributed by atoms with Crippen LogP contribution in [0, 0.1) is 10.1 Å². The predicted octanol–water partition coefficient (Wildman–Crippen LogP) is 1.13. The molecule has 0 spiro atoms. The van der Waals surface area contributed by atoms with Crippen LogP contribution in [0.5, 0.6) is 0 Å². The SMILES string of the molecule is O=C(O)C1(c2ccc([N+](=O)[O-])cc2)CCS(=O)(=O)CC1. The molecule has 0 aromatic heterocycles. The first-order chi connectivity index (χ1) is 9.27. The smallest absolute Gasteiger partial charge is 0.314 e. The topological polar surface area (TPSA) is 115 Å². The highest BCUT2D eigenvalue weighted by Gasteiger charge is 2.45. The lowest BCUT2D eigenvalue weighted by molar-refractivity contribution is -0.384. The zero-order valence-electron chi connectivity index (χ0n) is 10.5. The molecule has 0 amide bonds. The first-order valence-corrected chi connectivity index (χ1v) is 7.78. The fraction of sp³-hybridized carbons (Fsp3) is 0.417. The van der Waals surface area contributed by atoms with Crippen LogP contribution in [-0.2, 0) is 20.0 Å². The second kappa shape index (κ2) is 4.86. The van der Waals surface area contributed by atoms with Crippen LogP contribution in [0.25, 0.3) is 0 Å². The third-order valence-corrected chi connectivity index (χ3v) is 5.37. The number of aliphatic carboxylic acids is 1. The maximum Gasteiger partial charge on any atom is 0.314 e. The van der Waals surface area contributed by atoms with E-state index in [0.29, 0.717) is 5.56 Å². The van der Waals surface area contributed by atoms with E-state index in [2.05, 4.69) is 0 Å². The molecule has 108 valence electrons. The number of hydrogen-bond donors (Lipinski definition) is 1. The van der Waals surface area contributed by atoms with Gasteiger partial charge in [0, 0.05) is 12.1 Å². The van der Waals surface area contributed by atoms with Crippen molar-refractivity contribution in [2.45, 2.75) is 18.3 Å². The first kappa shape index (κ1) is 14.4. The predicted molar refractivity (Wildman–Crippen MR) is 70.3 cm³/mol. The van der Waals surface area contributed by atoms with Crippen LogP contribution < -0.4 is 0 Å². The Morgan fingerprint density at radius 3 is 2.10 bits per heavy atom. The highest BCUT2D eigenvalue weighted by Crippen LogP contribution is 2.37. The minimum atomic E-state index is -3.19. The Morgan fingerprint density at radius 2 is 1.70 bits per heavy atom. The van der Waals surface area contributed by atoms with E-state index in [-0.39, 0.29) is 30.0 Å². The van der Waals surface area contributed by atoms with Gasteiger partial charge < -0.3 is 5.11 Å². The standard InChI is InChI=1S/C12H13NO6S/c14-11(15)12(5-7-20(18,19)8-6-12)9-1-3-10(4-2-9)13(16)17/h1-4H,5-8H2,(H,14,15). The van der Waals surface area contributed by atoms with E-state index in [1.807, 2.05) is 0 Å². The summed E-state index contributed by atoms with van der Waals surface area (Å²) in [5.74, 6) is -1.46. The number of carboxylic acids is 1. The zero-order chi connectivity index (χ0) is 15.0. The van der Waals surface area contributed by atoms with Crippen LogP contribution >= 0.6 is 0 Å². The van der Waals surface area contributed by atoms with Crippen molar-refractivity contribution in [2.24, 2.45) is 0 Å². The maximum atomic E-state index is 11.6. The van der Waals surface area contributed by atoms with Gasteiger partial charge in [0.1, 0.15) is 9.84 Å². The summed E-state index contributed by atoms with van der Waals surface area (Å²) in [5.41, 5.74) is -0.997. The van der Waals surface area contributed by atoms with Crippen LogP contribution in [-0.4, -0.2) is 35.9 Å². The lowest BCUT2D eigenvalue weighted by Crippen LogP contribution is -2.43. The highest BCUT2D eigenvalue weighted by molar-refractivity contribution is 7.91. The maximum absolute atomic E-state index is 11.6. The van der Waals surface area contributed by atoms with Gasteiger partial charge in [0.2, 0.25) is 0 Å². The molecule has 2 rings (SSSR count). The summed E-state index contributed by atoms with van der Waals surface area (Å²) in [5, 5.41) is 20.1. The van der Waals surface area contributed by atoms with E-state index in [1.165, 1.54) is 24.3 Å². The Hall–Kier alpha value is -1.96. The number of nitro benzene ring substituents is 1. The summed E-state index contributed by atoms with van der Waals surface area (Å²) in [6, 6.07) is 5.26. The molecule has 1 N–H and O–H groups in total. The molecule has 1 heterocycles. The van der Waals surface area contributed by atoms with Gasteiger partial charge in [-0.25, -0.2) is 8.42 Å². The Bertz CT molecular complexity index is 635. The molecule has 1 aliphatic rings. The van der Waals surface area contributed by atoms with Crippen LogP contribution in [0.2, 0.25) is 0 Å². The molecule has 7 nitrogen and oxygen atoms in total. The lowest BCUT2D eigenvalue weighted by Gasteiger charge is -2.33. The molecule has 8 heteroatoms. The van der Waals surface area contributed by atoms with Crippen molar-refractivity contribution in [1.29, 1.82) is 0 Å². The van der Waals surface area contributed by atoms with E-state index in [4.69, 9.17) is 0 Å². The minimum Gasteiger partial charge on any atom is -0.481 e. The van der Waals surface area contributed by atoms with Gasteiger partial charge in [-0.15, -0.1) is 0 Å². The van der Waals surface area contributed by atoms with Crippen LogP contribution in [0.1, 0.15) is 18.4 Å². The Balaban J connectivity index is 2.39. The minimum absolute atomic E-state index is 0.0114. The number of hydrogen-bond acceptors (Lipinski definition) is 5. The van der Waals surface area contributed by atoms with E-state index < -0.39 is 26.1 Å². The molecule has 1 saturated heterocycles. The van der Waals surface area contributed by atoms with E-state index in [1.54, 1.807) is 0 Å². The molecule has 20 heavy (non-hydrogen) atoms. The van der Waals surface area contributed by atoms with E-state index in [9.17, 15) is 28.4 Å². The summed E-state index contributed by atoms with van der Waals surface area (Å²) in [4.78, 5) is 21.6. The molecule has 0 radical (unpaired) electrons. The third-order valence-electron chi connectivity index (χ3n) is 3.72. The molecule has 1 aliphatic heterocycles. The number of benzene rings is 1. The molecule has 0 bridgehead atoms. The van der Waals surface area contributed by atoms with Gasteiger partial charge in [0.05, 0.1) is 21.8 Å². The van der Waals surface area contributed by atoms with Gasteiger partial charge in [-0.1, -0.05) is 12.1 Å². The second-order valence-corrected chi connectivity index (χ2v) is 7.15. The van der Waals surface area contributed by atoms with Gasteiger partial charge in [-0.05, 0) is 18.4 Å². The van der Waals surface area contributed by atoms with E-state index >= 15 is 0 Å². The van der Waals surface area contributed by atoms with E-state index in [0.717, 1.165) is 0 Å². The molecule has 1 fully saturated rings. The molecule has 0 saturated carbocycles. The Labute approximate surface area is 115 Å². The lowest BCUT2D eigenvalue weighted by atomic mass is 9.75. The molecule has 1 aromatic rings. The average Bonchev–Trinajstić information content (AvgIpc) is 2.39. The van der Waals surface area contributed by atoms with Crippen molar-refractivity contribution >= 4 is 21.5 Å². The van der Waals surface area contributed by atoms with Crippen molar-refractivity contribution < 1.29 is 23.2 Å². The Kier molecular flexibility index (Phi) is 3.51. The van der Waals surface area contributed by atoms with Crippen molar-refractivity contribution in [3.05, 3.63) is 39.9 Å². The molecular weight excluding hydrogens is 286 g/mol. The fourth-order valence-electron chi connectivity index (χ4n) is 2.41. The second-order valence-electron chi connectivity index (χ2n) is 4.84. The molecule has 0 aliphatic carbocycles. The number of nitrogens with zero attached hydrogens (tertiary/aromatic N) is 1. The summed E-state index contributed by atoms with van der Waals surface area (Å²) in [6.07, 6.45) is -0.0229. The van der Waals surface area contributed by atoms with Crippen LogP contribution in [0.4, 0.5) is 5.69 Å². The van der Waals surface area contributed by atoms with Gasteiger partial charge in [0.25, 0.3) is 5.69 Å². The molecular formula is C12H13NO6S. The highest BCUT2D eigenvalue weighted by atomic mass is 32.2. The fourth-order valence-corrected chi connectivity index (χ4v) is 3.94. The van der Waals surface area contributed by atoms with Gasteiger partial charge in [-0.2, -0.15) is 0 Å². The first-order valence-electron chi connectivity index (χ1n) is 5.96.